The van der Waals surface area contributed by atoms with Crippen molar-refractivity contribution in [3.05, 3.63) is 48.5 Å². The first-order valence-electron chi connectivity index (χ1n) is 11.7. The summed E-state index contributed by atoms with van der Waals surface area (Å²) in [6, 6.07) is 16.8. The predicted molar refractivity (Wildman–Crippen MR) is 124 cm³/mol. The van der Waals surface area contributed by atoms with E-state index in [1.54, 1.807) is 0 Å². The summed E-state index contributed by atoms with van der Waals surface area (Å²) >= 11 is 0. The Morgan fingerprint density at radius 2 is 1.00 bits per heavy atom. The quantitative estimate of drug-likeness (QED) is 0.581. The Labute approximate surface area is 186 Å². The van der Waals surface area contributed by atoms with Crippen LogP contribution in [-0.2, 0) is 0 Å². The van der Waals surface area contributed by atoms with Gasteiger partial charge < -0.3 is 24.0 Å². The van der Waals surface area contributed by atoms with Crippen LogP contribution in [0.1, 0.15) is 38.5 Å². The maximum Gasteiger partial charge on any atom is 0.127 e. The summed E-state index contributed by atoms with van der Waals surface area (Å²) in [6.07, 6.45) is 7.62. The van der Waals surface area contributed by atoms with Gasteiger partial charge in [-0.05, 0) is 101 Å². The number of ether oxygens (including phenoxy) is 3. The molecule has 31 heavy (non-hydrogen) atoms. The first-order chi connectivity index (χ1) is 15.2. The van der Waals surface area contributed by atoms with Crippen LogP contribution in [0.4, 0.5) is 0 Å². The highest BCUT2D eigenvalue weighted by atomic mass is 16.5. The second kappa shape index (κ2) is 10.9. The second-order valence-corrected chi connectivity index (χ2v) is 8.93. The lowest BCUT2D eigenvalue weighted by molar-refractivity contribution is 0.125. The predicted octanol–water partition coefficient (Wildman–Crippen LogP) is 5.21. The molecule has 5 heteroatoms. The molecule has 5 nitrogen and oxygen atoms in total. The third kappa shape index (κ3) is 6.37. The van der Waals surface area contributed by atoms with E-state index in [9.17, 15) is 0 Å². The largest absolute Gasteiger partial charge is 0.492 e. The number of hydrogen-bond donors (Lipinski definition) is 0. The van der Waals surface area contributed by atoms with Gasteiger partial charge >= 0.3 is 0 Å². The van der Waals surface area contributed by atoms with Crippen LogP contribution in [0.2, 0.25) is 0 Å². The van der Waals surface area contributed by atoms with Crippen LogP contribution in [-0.4, -0.2) is 62.3 Å². The zero-order chi connectivity index (χ0) is 21.5. The van der Waals surface area contributed by atoms with E-state index < -0.39 is 0 Å². The molecule has 0 N–H and O–H groups in total. The van der Waals surface area contributed by atoms with Crippen LogP contribution < -0.4 is 14.2 Å². The number of likely N-dealkylation sites (tertiary alicyclic amines) is 2. The summed E-state index contributed by atoms with van der Waals surface area (Å²) in [4.78, 5) is 4.81. The van der Waals surface area contributed by atoms with Gasteiger partial charge in [-0.1, -0.05) is 12.8 Å². The molecule has 2 aliphatic heterocycles. The number of rotatable bonds is 8. The van der Waals surface area contributed by atoms with E-state index in [1.807, 2.05) is 48.5 Å². The van der Waals surface area contributed by atoms with E-state index in [4.69, 9.17) is 14.2 Å². The third-order valence-electron chi connectivity index (χ3n) is 6.61. The Hall–Kier alpha value is -2.24. The average molecular weight is 425 g/mol. The summed E-state index contributed by atoms with van der Waals surface area (Å²) in [5, 5.41) is 0. The Bertz CT molecular complexity index is 726. The molecule has 2 aliphatic rings. The summed E-state index contributed by atoms with van der Waals surface area (Å²) in [7, 11) is 4.38. The molecule has 168 valence electrons. The highest BCUT2D eigenvalue weighted by Crippen LogP contribution is 2.26. The molecule has 0 saturated carbocycles. The first-order valence-corrected chi connectivity index (χ1v) is 11.7. The standard InChI is InChI=1S/C26H36N2O3/c1-27-17-5-3-7-21(27)19-29-23-9-13-25(14-10-23)31-26-15-11-24(12-16-26)30-20-22-8-4-6-18-28(22)2/h9-16,21-22H,3-8,17-20H2,1-2H3. The Balaban J connectivity index is 1.23. The van der Waals surface area contributed by atoms with Gasteiger partial charge in [-0.2, -0.15) is 0 Å². The third-order valence-corrected chi connectivity index (χ3v) is 6.61. The van der Waals surface area contributed by atoms with Gasteiger partial charge in [0.05, 0.1) is 0 Å². The van der Waals surface area contributed by atoms with Crippen molar-refractivity contribution in [2.75, 3.05) is 40.4 Å². The minimum Gasteiger partial charge on any atom is -0.492 e. The summed E-state index contributed by atoms with van der Waals surface area (Å²) in [5.41, 5.74) is 0. The van der Waals surface area contributed by atoms with E-state index in [0.717, 1.165) is 36.2 Å². The molecule has 0 bridgehead atoms. The van der Waals surface area contributed by atoms with E-state index in [0.29, 0.717) is 12.1 Å². The number of likely N-dealkylation sites (N-methyl/N-ethyl adjacent to an activating group) is 2. The lowest BCUT2D eigenvalue weighted by Gasteiger charge is -2.32. The zero-order valence-corrected chi connectivity index (χ0v) is 19.0. The smallest absolute Gasteiger partial charge is 0.127 e. The van der Waals surface area contributed by atoms with Crippen LogP contribution in [0.25, 0.3) is 0 Å². The van der Waals surface area contributed by atoms with Crippen LogP contribution in [0.15, 0.2) is 48.5 Å². The van der Waals surface area contributed by atoms with Crippen molar-refractivity contribution >= 4 is 0 Å². The zero-order valence-electron chi connectivity index (χ0n) is 19.0. The molecular weight excluding hydrogens is 388 g/mol. The molecule has 0 spiro atoms. The topological polar surface area (TPSA) is 34.2 Å². The van der Waals surface area contributed by atoms with Crippen LogP contribution in [0.5, 0.6) is 23.0 Å². The average Bonchev–Trinajstić information content (AvgIpc) is 2.80. The Kier molecular flexibility index (Phi) is 7.71. The first kappa shape index (κ1) is 22.0. The van der Waals surface area contributed by atoms with Gasteiger partial charge in [0, 0.05) is 12.1 Å². The van der Waals surface area contributed by atoms with E-state index in [2.05, 4.69) is 23.9 Å². The number of benzene rings is 2. The molecule has 0 radical (unpaired) electrons. The molecule has 2 fully saturated rings. The fraction of sp³-hybridized carbons (Fsp3) is 0.538. The highest BCUT2D eigenvalue weighted by Gasteiger charge is 2.20. The lowest BCUT2D eigenvalue weighted by Crippen LogP contribution is -2.40. The van der Waals surface area contributed by atoms with Crippen LogP contribution in [0, 0.1) is 0 Å². The summed E-state index contributed by atoms with van der Waals surface area (Å²) in [6.45, 7) is 3.83. The molecule has 0 aromatic heterocycles. The summed E-state index contributed by atoms with van der Waals surface area (Å²) < 4.78 is 18.0. The van der Waals surface area contributed by atoms with Crippen molar-refractivity contribution in [1.29, 1.82) is 0 Å². The molecule has 4 rings (SSSR count). The normalized spacial score (nSPS) is 22.8. The number of nitrogens with zero attached hydrogens (tertiary/aromatic N) is 2. The van der Waals surface area contributed by atoms with Gasteiger partial charge in [0.15, 0.2) is 0 Å². The van der Waals surface area contributed by atoms with Gasteiger partial charge in [-0.3, -0.25) is 0 Å². The molecule has 2 aromatic carbocycles. The molecule has 2 aromatic rings. The molecule has 2 heterocycles. The van der Waals surface area contributed by atoms with Crippen molar-refractivity contribution < 1.29 is 14.2 Å². The van der Waals surface area contributed by atoms with Gasteiger partial charge in [0.2, 0.25) is 0 Å². The van der Waals surface area contributed by atoms with Gasteiger partial charge in [-0.25, -0.2) is 0 Å². The summed E-state index contributed by atoms with van der Waals surface area (Å²) in [5.74, 6) is 3.39. The molecule has 2 saturated heterocycles. The maximum absolute atomic E-state index is 6.00. The fourth-order valence-corrected chi connectivity index (χ4v) is 4.44. The lowest BCUT2D eigenvalue weighted by atomic mass is 10.0. The molecule has 2 atom stereocenters. The number of hydrogen-bond acceptors (Lipinski definition) is 5. The van der Waals surface area contributed by atoms with Gasteiger partial charge in [-0.15, -0.1) is 0 Å². The minimum atomic E-state index is 0.518. The Morgan fingerprint density at radius 3 is 1.39 bits per heavy atom. The maximum atomic E-state index is 6.00. The van der Waals surface area contributed by atoms with Crippen molar-refractivity contribution in [1.82, 2.24) is 9.80 Å². The van der Waals surface area contributed by atoms with Crippen molar-refractivity contribution in [3.63, 3.8) is 0 Å². The monoisotopic (exact) mass is 424 g/mol. The SMILES string of the molecule is CN1CCCCC1COc1ccc(Oc2ccc(OCC3CCCCN3C)cc2)cc1. The second-order valence-electron chi connectivity index (χ2n) is 8.93. The Morgan fingerprint density at radius 1 is 0.613 bits per heavy atom. The van der Waals surface area contributed by atoms with Crippen LogP contribution >= 0.6 is 0 Å². The van der Waals surface area contributed by atoms with Gasteiger partial charge in [0.25, 0.3) is 0 Å². The minimum absolute atomic E-state index is 0.518. The molecule has 0 aliphatic carbocycles. The van der Waals surface area contributed by atoms with Crippen molar-refractivity contribution in [3.8, 4) is 23.0 Å². The van der Waals surface area contributed by atoms with E-state index in [1.165, 1.54) is 51.6 Å². The van der Waals surface area contributed by atoms with Crippen LogP contribution in [0.3, 0.4) is 0 Å². The molecule has 2 unspecified atom stereocenters. The molecular formula is C26H36N2O3. The van der Waals surface area contributed by atoms with E-state index in [-0.39, 0.29) is 0 Å². The van der Waals surface area contributed by atoms with Crippen molar-refractivity contribution in [2.45, 2.75) is 50.6 Å². The van der Waals surface area contributed by atoms with E-state index >= 15 is 0 Å². The van der Waals surface area contributed by atoms with Crippen molar-refractivity contribution in [2.24, 2.45) is 0 Å². The molecule has 0 amide bonds. The number of piperidine rings is 2. The fourth-order valence-electron chi connectivity index (χ4n) is 4.44. The highest BCUT2D eigenvalue weighted by molar-refractivity contribution is 5.37. The van der Waals surface area contributed by atoms with Gasteiger partial charge in [0.1, 0.15) is 36.2 Å².